The molecule has 0 saturated heterocycles. The van der Waals surface area contributed by atoms with Crippen molar-refractivity contribution in [1.82, 2.24) is 15.6 Å². The highest BCUT2D eigenvalue weighted by Crippen LogP contribution is 2.28. The Morgan fingerprint density at radius 3 is 2.48 bits per heavy atom. The SMILES string of the molecule is Cc1sc(CNC(=O)CCNC(=O)OC(C)(C)C)nc1-c1ccc(Cl)cc1. The number of rotatable bonds is 6. The highest BCUT2D eigenvalue weighted by Gasteiger charge is 2.16. The van der Waals surface area contributed by atoms with Gasteiger partial charge in [-0.05, 0) is 39.8 Å². The van der Waals surface area contributed by atoms with Gasteiger partial charge in [0.05, 0.1) is 12.2 Å². The number of aryl methyl sites for hydroxylation is 1. The topological polar surface area (TPSA) is 80.3 Å². The van der Waals surface area contributed by atoms with E-state index in [0.29, 0.717) is 11.6 Å². The van der Waals surface area contributed by atoms with Crippen molar-refractivity contribution in [2.75, 3.05) is 6.54 Å². The van der Waals surface area contributed by atoms with Crippen molar-refractivity contribution >= 4 is 34.9 Å². The highest BCUT2D eigenvalue weighted by atomic mass is 35.5. The first-order valence-corrected chi connectivity index (χ1v) is 9.79. The van der Waals surface area contributed by atoms with Crippen LogP contribution in [0.25, 0.3) is 11.3 Å². The van der Waals surface area contributed by atoms with Crippen LogP contribution in [0.1, 0.15) is 37.1 Å². The Balaban J connectivity index is 1.79. The van der Waals surface area contributed by atoms with Gasteiger partial charge in [-0.1, -0.05) is 23.7 Å². The number of thiazole rings is 1. The molecule has 0 aliphatic rings. The normalized spacial score (nSPS) is 11.1. The number of halogens is 1. The summed E-state index contributed by atoms with van der Waals surface area (Å²) >= 11 is 7.46. The molecule has 0 unspecified atom stereocenters. The second-order valence-electron chi connectivity index (χ2n) is 6.97. The lowest BCUT2D eigenvalue weighted by atomic mass is 10.1. The van der Waals surface area contributed by atoms with Gasteiger partial charge in [0, 0.05) is 28.4 Å². The summed E-state index contributed by atoms with van der Waals surface area (Å²) in [5.41, 5.74) is 1.33. The number of carbonyl (C=O) groups excluding carboxylic acids is 2. The molecule has 0 fully saturated rings. The molecule has 1 heterocycles. The van der Waals surface area contributed by atoms with Gasteiger partial charge in [0.2, 0.25) is 5.91 Å². The Kier molecular flexibility index (Phi) is 7.21. The van der Waals surface area contributed by atoms with Crippen molar-refractivity contribution in [2.24, 2.45) is 0 Å². The molecule has 0 aliphatic heterocycles. The second-order valence-corrected chi connectivity index (χ2v) is 8.70. The lowest BCUT2D eigenvalue weighted by Gasteiger charge is -2.19. The first-order valence-electron chi connectivity index (χ1n) is 8.60. The third-order valence-corrected chi connectivity index (χ3v) is 4.64. The van der Waals surface area contributed by atoms with Crippen molar-refractivity contribution in [2.45, 2.75) is 46.3 Å². The zero-order chi connectivity index (χ0) is 20.0. The van der Waals surface area contributed by atoms with Crippen LogP contribution in [0, 0.1) is 6.92 Å². The molecule has 2 N–H and O–H groups in total. The number of aromatic nitrogens is 1. The largest absolute Gasteiger partial charge is 0.444 e. The summed E-state index contributed by atoms with van der Waals surface area (Å²) in [5, 5.41) is 6.88. The summed E-state index contributed by atoms with van der Waals surface area (Å²) in [6, 6.07) is 7.51. The summed E-state index contributed by atoms with van der Waals surface area (Å²) in [6.45, 7) is 7.92. The van der Waals surface area contributed by atoms with E-state index in [9.17, 15) is 9.59 Å². The van der Waals surface area contributed by atoms with Crippen molar-refractivity contribution in [1.29, 1.82) is 0 Å². The zero-order valence-electron chi connectivity index (χ0n) is 15.9. The van der Waals surface area contributed by atoms with Crippen LogP contribution in [0.5, 0.6) is 0 Å². The molecule has 146 valence electrons. The molecule has 1 aromatic carbocycles. The molecule has 1 aromatic heterocycles. The summed E-state index contributed by atoms with van der Waals surface area (Å²) in [6.07, 6.45) is -0.355. The van der Waals surface area contributed by atoms with E-state index in [4.69, 9.17) is 16.3 Å². The molecular weight excluding hydrogens is 386 g/mol. The molecule has 0 spiro atoms. The van der Waals surface area contributed by atoms with E-state index in [1.165, 1.54) is 0 Å². The summed E-state index contributed by atoms with van der Waals surface area (Å²) in [7, 11) is 0. The van der Waals surface area contributed by atoms with Crippen LogP contribution >= 0.6 is 22.9 Å². The van der Waals surface area contributed by atoms with Crippen LogP contribution in [-0.4, -0.2) is 29.1 Å². The van der Waals surface area contributed by atoms with Crippen LogP contribution in [0.3, 0.4) is 0 Å². The monoisotopic (exact) mass is 409 g/mol. The van der Waals surface area contributed by atoms with Gasteiger partial charge in [0.1, 0.15) is 10.6 Å². The number of benzene rings is 1. The summed E-state index contributed by atoms with van der Waals surface area (Å²) < 4.78 is 5.12. The molecule has 0 aliphatic carbocycles. The number of nitrogens with one attached hydrogen (secondary N) is 2. The van der Waals surface area contributed by atoms with E-state index < -0.39 is 11.7 Å². The molecule has 2 rings (SSSR count). The molecule has 0 radical (unpaired) electrons. The van der Waals surface area contributed by atoms with Crippen molar-refractivity contribution in [3.05, 3.63) is 39.2 Å². The van der Waals surface area contributed by atoms with Gasteiger partial charge >= 0.3 is 6.09 Å². The Hall–Kier alpha value is -2.12. The fourth-order valence-corrected chi connectivity index (χ4v) is 3.28. The minimum absolute atomic E-state index is 0.160. The number of alkyl carbamates (subject to hydrolysis) is 1. The molecule has 8 heteroatoms. The van der Waals surface area contributed by atoms with Gasteiger partial charge in [-0.25, -0.2) is 9.78 Å². The van der Waals surface area contributed by atoms with Gasteiger partial charge < -0.3 is 15.4 Å². The molecule has 27 heavy (non-hydrogen) atoms. The minimum Gasteiger partial charge on any atom is -0.444 e. The Bertz CT molecular complexity index is 798. The molecule has 0 bridgehead atoms. The number of amides is 2. The molecule has 2 aromatic rings. The van der Waals surface area contributed by atoms with E-state index >= 15 is 0 Å². The van der Waals surface area contributed by atoms with Crippen molar-refractivity contribution < 1.29 is 14.3 Å². The Labute approximate surface area is 168 Å². The first-order chi connectivity index (χ1) is 12.6. The lowest BCUT2D eigenvalue weighted by Crippen LogP contribution is -2.35. The van der Waals surface area contributed by atoms with Crippen LogP contribution in [0.2, 0.25) is 5.02 Å². The average molecular weight is 410 g/mol. The van der Waals surface area contributed by atoms with Crippen LogP contribution < -0.4 is 10.6 Å². The van der Waals surface area contributed by atoms with Crippen LogP contribution in [0.4, 0.5) is 4.79 Å². The van der Waals surface area contributed by atoms with Gasteiger partial charge in [0.15, 0.2) is 0 Å². The Morgan fingerprint density at radius 1 is 1.19 bits per heavy atom. The van der Waals surface area contributed by atoms with Gasteiger partial charge in [0.25, 0.3) is 0 Å². The van der Waals surface area contributed by atoms with E-state index in [-0.39, 0.29) is 18.9 Å². The number of carbonyl (C=O) groups is 2. The number of hydrogen-bond acceptors (Lipinski definition) is 5. The second kappa shape index (κ2) is 9.19. The van der Waals surface area contributed by atoms with Crippen molar-refractivity contribution in [3.63, 3.8) is 0 Å². The minimum atomic E-state index is -0.559. The quantitative estimate of drug-likeness (QED) is 0.745. The van der Waals surface area contributed by atoms with Gasteiger partial charge in [-0.2, -0.15) is 0 Å². The first kappa shape index (κ1) is 21.2. The zero-order valence-corrected chi connectivity index (χ0v) is 17.5. The summed E-state index contributed by atoms with van der Waals surface area (Å²) in [5.74, 6) is -0.160. The van der Waals surface area contributed by atoms with Gasteiger partial charge in [-0.15, -0.1) is 11.3 Å². The molecule has 6 nitrogen and oxygen atoms in total. The van der Waals surface area contributed by atoms with E-state index in [1.54, 1.807) is 32.1 Å². The smallest absolute Gasteiger partial charge is 0.407 e. The predicted octanol–water partition coefficient (Wildman–Crippen LogP) is 4.30. The molecule has 0 atom stereocenters. The van der Waals surface area contributed by atoms with E-state index in [1.807, 2.05) is 31.2 Å². The highest BCUT2D eigenvalue weighted by molar-refractivity contribution is 7.12. The maximum atomic E-state index is 11.9. The lowest BCUT2D eigenvalue weighted by molar-refractivity contribution is -0.121. The fourth-order valence-electron chi connectivity index (χ4n) is 2.26. The average Bonchev–Trinajstić information content (AvgIpc) is 2.93. The maximum absolute atomic E-state index is 11.9. The third kappa shape index (κ3) is 7.19. The van der Waals surface area contributed by atoms with Crippen LogP contribution in [-0.2, 0) is 16.1 Å². The van der Waals surface area contributed by atoms with Gasteiger partial charge in [-0.3, -0.25) is 4.79 Å². The third-order valence-electron chi connectivity index (χ3n) is 3.42. The van der Waals surface area contributed by atoms with E-state index in [0.717, 1.165) is 21.1 Å². The molecule has 0 saturated carbocycles. The summed E-state index contributed by atoms with van der Waals surface area (Å²) in [4.78, 5) is 29.2. The molecule has 2 amide bonds. The molecular formula is C19H24ClN3O3S. The van der Waals surface area contributed by atoms with E-state index in [2.05, 4.69) is 15.6 Å². The predicted molar refractivity (Wildman–Crippen MR) is 108 cm³/mol. The fraction of sp³-hybridized carbons (Fsp3) is 0.421. The number of ether oxygens (including phenoxy) is 1. The number of hydrogen-bond donors (Lipinski definition) is 2. The Morgan fingerprint density at radius 2 is 1.85 bits per heavy atom. The van der Waals surface area contributed by atoms with Crippen LogP contribution in [0.15, 0.2) is 24.3 Å². The van der Waals surface area contributed by atoms with Crippen molar-refractivity contribution in [3.8, 4) is 11.3 Å². The number of nitrogens with zero attached hydrogens (tertiary/aromatic N) is 1. The maximum Gasteiger partial charge on any atom is 0.407 e. The standard InChI is InChI=1S/C19H24ClN3O3S/c1-12-17(13-5-7-14(20)8-6-13)23-16(27-12)11-22-15(24)9-10-21-18(25)26-19(2,3)4/h5-8H,9-11H2,1-4H3,(H,21,25)(H,22,24).